The van der Waals surface area contributed by atoms with Gasteiger partial charge in [-0.05, 0) is 107 Å². The fourth-order valence-corrected chi connectivity index (χ4v) is 10.0. The Labute approximate surface area is 269 Å². The van der Waals surface area contributed by atoms with Gasteiger partial charge < -0.3 is 14.4 Å². The number of ketones is 2. The number of carbonyl (C=O) groups excluding carboxylic acids is 3. The molecular formula is C34H45FNO9P. The van der Waals surface area contributed by atoms with Gasteiger partial charge in [-0.15, -0.1) is 0 Å². The van der Waals surface area contributed by atoms with Crippen molar-refractivity contribution >= 4 is 31.2 Å². The highest BCUT2D eigenvalue weighted by atomic mass is 31.2. The maximum absolute atomic E-state index is 17.7. The van der Waals surface area contributed by atoms with Crippen molar-refractivity contribution in [1.82, 2.24) is 0 Å². The van der Waals surface area contributed by atoms with E-state index in [2.05, 4.69) is 5.32 Å². The van der Waals surface area contributed by atoms with E-state index in [1.54, 1.807) is 33.8 Å². The second-order valence-electron chi connectivity index (χ2n) is 15.2. The molecule has 252 valence electrons. The summed E-state index contributed by atoms with van der Waals surface area (Å²) in [6.45, 7) is 11.9. The van der Waals surface area contributed by atoms with Crippen LogP contribution >= 0.6 is 7.82 Å². The number of phosphoric ester groups is 1. The largest absolute Gasteiger partial charge is 0.527 e. The lowest BCUT2D eigenvalue weighted by molar-refractivity contribution is -0.240. The lowest BCUT2D eigenvalue weighted by Crippen LogP contribution is -2.71. The normalized spacial score (nSPS) is 38.0. The van der Waals surface area contributed by atoms with Gasteiger partial charge in [0, 0.05) is 22.4 Å². The molecule has 4 aliphatic carbocycles. The van der Waals surface area contributed by atoms with Gasteiger partial charge in [0.05, 0.1) is 6.10 Å². The minimum Gasteiger partial charge on any atom is -0.444 e. The SMILES string of the molecule is C[C@@H]1C[C@@H]2[C@](C)(C[C@H](O)[C@]3(F)[C@@]4(C)C=CC(=O)C=C4CC[C@@]23C)[C@H]1C(=O)COP(=O)(O)Oc1ccc(NC(=O)OC(C)(C)C)cc1. The molecule has 0 radical (unpaired) electrons. The van der Waals surface area contributed by atoms with Gasteiger partial charge in [-0.2, -0.15) is 0 Å². The summed E-state index contributed by atoms with van der Waals surface area (Å²) in [6, 6.07) is 5.64. The number of aliphatic hydroxyl groups is 1. The number of carbonyl (C=O) groups is 3. The number of allylic oxidation sites excluding steroid dienone is 4. The number of phosphoric acid groups is 1. The molecule has 3 N–H and O–H groups in total. The number of aliphatic hydroxyl groups excluding tert-OH is 1. The van der Waals surface area contributed by atoms with Gasteiger partial charge in [0.1, 0.15) is 18.0 Å². The van der Waals surface area contributed by atoms with Gasteiger partial charge >= 0.3 is 13.9 Å². The van der Waals surface area contributed by atoms with E-state index >= 15 is 4.39 Å². The van der Waals surface area contributed by atoms with Crippen molar-refractivity contribution in [2.24, 2.45) is 34.0 Å². The van der Waals surface area contributed by atoms with E-state index < -0.39 is 65.8 Å². The van der Waals surface area contributed by atoms with Gasteiger partial charge in [0.25, 0.3) is 0 Å². The van der Waals surface area contributed by atoms with Crippen molar-refractivity contribution in [1.29, 1.82) is 0 Å². The minimum absolute atomic E-state index is 0.0189. The Balaban J connectivity index is 1.28. The first-order valence-corrected chi connectivity index (χ1v) is 17.3. The van der Waals surface area contributed by atoms with E-state index in [1.807, 2.05) is 20.8 Å². The molecule has 10 nitrogen and oxygen atoms in total. The number of fused-ring (bicyclic) bond motifs is 5. The van der Waals surface area contributed by atoms with Gasteiger partial charge in [0.2, 0.25) is 0 Å². The maximum atomic E-state index is 17.7. The zero-order chi connectivity index (χ0) is 34.1. The number of benzene rings is 1. The molecule has 0 bridgehead atoms. The van der Waals surface area contributed by atoms with Crippen molar-refractivity contribution in [3.05, 3.63) is 48.1 Å². The van der Waals surface area contributed by atoms with Gasteiger partial charge in [-0.25, -0.2) is 13.8 Å². The fourth-order valence-electron chi connectivity index (χ4n) is 9.29. The second kappa shape index (κ2) is 11.4. The zero-order valence-corrected chi connectivity index (χ0v) is 28.4. The summed E-state index contributed by atoms with van der Waals surface area (Å²) in [6.07, 6.45) is 3.88. The van der Waals surface area contributed by atoms with Crippen LogP contribution in [0.3, 0.4) is 0 Å². The van der Waals surface area contributed by atoms with Crippen LogP contribution in [-0.2, 0) is 23.4 Å². The highest BCUT2D eigenvalue weighted by molar-refractivity contribution is 7.47. The van der Waals surface area contributed by atoms with Crippen LogP contribution in [-0.4, -0.2) is 51.6 Å². The van der Waals surface area contributed by atoms with E-state index in [-0.39, 0.29) is 29.8 Å². The number of alkyl halides is 1. The van der Waals surface area contributed by atoms with Crippen LogP contribution in [0, 0.1) is 34.0 Å². The van der Waals surface area contributed by atoms with Crippen molar-refractivity contribution in [3.63, 3.8) is 0 Å². The Morgan fingerprint density at radius 1 is 1.15 bits per heavy atom. The highest BCUT2D eigenvalue weighted by Gasteiger charge is 2.76. The molecule has 0 aliphatic heterocycles. The summed E-state index contributed by atoms with van der Waals surface area (Å²) in [7, 11) is -4.73. The first kappa shape index (κ1) is 34.5. The lowest BCUT2D eigenvalue weighted by atomic mass is 9.39. The molecule has 1 amide bonds. The van der Waals surface area contributed by atoms with E-state index in [9.17, 15) is 28.9 Å². The van der Waals surface area contributed by atoms with Crippen LogP contribution < -0.4 is 9.84 Å². The Hall–Kier alpha value is -2.85. The van der Waals surface area contributed by atoms with E-state index in [0.717, 1.165) is 0 Å². The average molecular weight is 662 g/mol. The molecule has 12 heteroatoms. The number of anilines is 1. The quantitative estimate of drug-likeness (QED) is 0.271. The third-order valence-electron chi connectivity index (χ3n) is 11.0. The number of rotatable bonds is 7. The molecule has 5 rings (SSSR count). The number of hydrogen-bond donors (Lipinski definition) is 3. The molecular weight excluding hydrogens is 616 g/mol. The summed E-state index contributed by atoms with van der Waals surface area (Å²) in [5.74, 6) is -1.75. The maximum Gasteiger partial charge on any atom is 0.527 e. The topological polar surface area (TPSA) is 148 Å². The Bertz CT molecular complexity index is 1540. The number of ether oxygens (including phenoxy) is 1. The highest BCUT2D eigenvalue weighted by Crippen LogP contribution is 2.74. The molecule has 9 atom stereocenters. The molecule has 0 heterocycles. The number of hydrogen-bond acceptors (Lipinski definition) is 8. The van der Waals surface area contributed by atoms with Gasteiger partial charge in [0.15, 0.2) is 17.2 Å². The standard InChI is InChI=1S/C34H45FNO9P/c1-20-16-26-31(5,18-27(39)34(35)32(6)15-13-23(37)17-21(32)12-14-33(26,34)7)28(20)25(38)19-43-46(41,42)45-24-10-8-22(9-11-24)36-29(40)44-30(2,3)4/h8-11,13,15,17,20,26-28,39H,12,14,16,18-19H2,1-7H3,(H,36,40)(H,41,42)/t20-,26-,27+,28-,31+,32+,33+,34+/m1/s1. The molecule has 0 aromatic heterocycles. The zero-order valence-electron chi connectivity index (χ0n) is 27.5. The molecule has 4 aliphatic rings. The van der Waals surface area contributed by atoms with Crippen molar-refractivity contribution < 1.29 is 47.1 Å². The molecule has 1 unspecified atom stereocenters. The average Bonchev–Trinajstić information content (AvgIpc) is 3.20. The third kappa shape index (κ3) is 5.67. The summed E-state index contributed by atoms with van der Waals surface area (Å²) in [4.78, 5) is 48.3. The molecule has 1 aromatic carbocycles. The first-order chi connectivity index (χ1) is 21.2. The van der Waals surface area contributed by atoms with Crippen LogP contribution in [0.4, 0.5) is 14.9 Å². The lowest BCUT2D eigenvalue weighted by Gasteiger charge is -2.67. The van der Waals surface area contributed by atoms with Crippen molar-refractivity contribution in [2.45, 2.75) is 91.5 Å². The second-order valence-corrected chi connectivity index (χ2v) is 16.5. The third-order valence-corrected chi connectivity index (χ3v) is 11.9. The van der Waals surface area contributed by atoms with Crippen LogP contribution in [0.1, 0.15) is 74.1 Å². The van der Waals surface area contributed by atoms with Crippen LogP contribution in [0.5, 0.6) is 5.75 Å². The summed E-state index contributed by atoms with van der Waals surface area (Å²) in [5, 5.41) is 14.2. The fraction of sp³-hybridized carbons (Fsp3) is 0.618. The molecule has 0 saturated heterocycles. The van der Waals surface area contributed by atoms with E-state index in [0.29, 0.717) is 30.5 Å². The molecule has 3 fully saturated rings. The summed E-state index contributed by atoms with van der Waals surface area (Å²) < 4.78 is 46.1. The van der Waals surface area contributed by atoms with Crippen LogP contribution in [0.15, 0.2) is 48.1 Å². The van der Waals surface area contributed by atoms with E-state index in [4.69, 9.17) is 13.8 Å². The van der Waals surface area contributed by atoms with Crippen LogP contribution in [0.2, 0.25) is 0 Å². The summed E-state index contributed by atoms with van der Waals surface area (Å²) in [5.41, 5.74) is -4.65. The van der Waals surface area contributed by atoms with Gasteiger partial charge in [-0.1, -0.05) is 32.4 Å². The predicted octanol–water partition coefficient (Wildman–Crippen LogP) is 6.72. The molecule has 3 saturated carbocycles. The summed E-state index contributed by atoms with van der Waals surface area (Å²) >= 11 is 0. The monoisotopic (exact) mass is 661 g/mol. The smallest absolute Gasteiger partial charge is 0.444 e. The minimum atomic E-state index is -4.73. The molecule has 1 aromatic rings. The Kier molecular flexibility index (Phi) is 8.54. The van der Waals surface area contributed by atoms with Crippen molar-refractivity contribution in [3.8, 4) is 5.75 Å². The van der Waals surface area contributed by atoms with Crippen LogP contribution in [0.25, 0.3) is 0 Å². The predicted molar refractivity (Wildman–Crippen MR) is 169 cm³/mol. The van der Waals surface area contributed by atoms with Crippen molar-refractivity contribution in [2.75, 3.05) is 11.9 Å². The number of halogens is 1. The number of Topliss-reactive ketones (excluding diaryl/α,β-unsaturated/α-hetero) is 1. The Morgan fingerprint density at radius 2 is 1.80 bits per heavy atom. The van der Waals surface area contributed by atoms with Gasteiger partial charge in [-0.3, -0.25) is 24.3 Å². The number of amides is 1. The number of nitrogens with one attached hydrogen (secondary N) is 1. The first-order valence-electron chi connectivity index (χ1n) is 15.8. The van der Waals surface area contributed by atoms with E-state index in [1.165, 1.54) is 36.4 Å². The Morgan fingerprint density at radius 3 is 2.43 bits per heavy atom. The molecule has 0 spiro atoms. The molecule has 46 heavy (non-hydrogen) atoms.